The zero-order valence-electron chi connectivity index (χ0n) is 12.6. The molecule has 1 aliphatic heterocycles. The van der Waals surface area contributed by atoms with E-state index >= 15 is 0 Å². The Kier molecular flexibility index (Phi) is 6.32. The zero-order chi connectivity index (χ0) is 17.1. The highest BCUT2D eigenvalue weighted by Gasteiger charge is 2.51. The first-order valence-electron chi connectivity index (χ1n) is 7.20. The number of hydrogen-bond acceptors (Lipinski definition) is 7. The van der Waals surface area contributed by atoms with Crippen molar-refractivity contribution in [3.8, 4) is 0 Å². The fourth-order valence-corrected chi connectivity index (χ4v) is 2.66. The fraction of sp³-hybridized carbons (Fsp3) is 0.833. The summed E-state index contributed by atoms with van der Waals surface area (Å²) in [4.78, 5) is 24.9. The van der Waals surface area contributed by atoms with E-state index in [0.29, 0.717) is 12.8 Å². The van der Waals surface area contributed by atoms with Gasteiger partial charge in [-0.1, -0.05) is 6.42 Å². The molecule has 0 radical (unpaired) electrons. The van der Waals surface area contributed by atoms with Crippen molar-refractivity contribution in [3.05, 3.63) is 0 Å². The third-order valence-electron chi connectivity index (χ3n) is 4.15. The van der Waals surface area contributed by atoms with Crippen molar-refractivity contribution in [1.29, 1.82) is 0 Å². The number of carboxylic acid groups (broad SMARTS) is 1. The number of carbonyl (C=O) groups excluding carboxylic acids is 1. The Labute approximate surface area is 129 Å². The molecule has 9 nitrogen and oxygen atoms in total. The van der Waals surface area contributed by atoms with Crippen LogP contribution < -0.4 is 11.5 Å². The third kappa shape index (κ3) is 4.17. The summed E-state index contributed by atoms with van der Waals surface area (Å²) in [6, 6.07) is -1.13. The Morgan fingerprint density at radius 2 is 2.05 bits per heavy atom. The Bertz CT molecular complexity index is 422. The SMILES string of the molecule is C[C@@H](O)[C@H](N)C(=O)N1CC(CCCB(O)O)[C@](N)(C(=O)O)C1. The molecule has 0 saturated carbocycles. The monoisotopic (exact) mass is 317 g/mol. The lowest BCUT2D eigenvalue weighted by atomic mass is 9.78. The number of nitrogens with zero attached hydrogens (tertiary/aromatic N) is 1. The second-order valence-corrected chi connectivity index (χ2v) is 5.94. The molecule has 1 saturated heterocycles. The maximum absolute atomic E-state index is 12.1. The number of rotatable bonds is 7. The fourth-order valence-electron chi connectivity index (χ4n) is 2.66. The van der Waals surface area contributed by atoms with E-state index in [-0.39, 0.29) is 19.4 Å². The quantitative estimate of drug-likeness (QED) is 0.273. The van der Waals surface area contributed by atoms with Gasteiger partial charge < -0.3 is 36.6 Å². The highest BCUT2D eigenvalue weighted by atomic mass is 16.4. The number of carbonyl (C=O) groups is 2. The van der Waals surface area contributed by atoms with E-state index < -0.39 is 42.6 Å². The molecule has 1 amide bonds. The number of aliphatic hydroxyl groups excluding tert-OH is 1. The van der Waals surface area contributed by atoms with Crippen LogP contribution in [0.1, 0.15) is 19.8 Å². The van der Waals surface area contributed by atoms with Crippen LogP contribution in [0.15, 0.2) is 0 Å². The maximum Gasteiger partial charge on any atom is 0.451 e. The summed E-state index contributed by atoms with van der Waals surface area (Å²) in [6.07, 6.45) is -0.228. The highest BCUT2D eigenvalue weighted by Crippen LogP contribution is 2.31. The van der Waals surface area contributed by atoms with Crippen LogP contribution in [0.5, 0.6) is 0 Å². The van der Waals surface area contributed by atoms with Crippen LogP contribution in [0.4, 0.5) is 0 Å². The number of hydrogen-bond donors (Lipinski definition) is 6. The predicted molar refractivity (Wildman–Crippen MR) is 78.5 cm³/mol. The van der Waals surface area contributed by atoms with E-state index in [1.54, 1.807) is 0 Å². The van der Waals surface area contributed by atoms with Gasteiger partial charge in [0.1, 0.15) is 11.6 Å². The summed E-state index contributed by atoms with van der Waals surface area (Å²) < 4.78 is 0. The zero-order valence-corrected chi connectivity index (χ0v) is 12.6. The van der Waals surface area contributed by atoms with Gasteiger partial charge in [0.2, 0.25) is 5.91 Å². The van der Waals surface area contributed by atoms with Crippen LogP contribution in [-0.4, -0.2) is 74.9 Å². The standard InChI is InChI=1S/C12H24BN3O6/c1-7(17)9(14)10(18)16-5-8(3-2-4-13(21)22)12(15,6-16)11(19)20/h7-9,17,21-22H,2-6,14-15H2,1H3,(H,19,20)/t7-,8?,9+,12+/m1/s1. The van der Waals surface area contributed by atoms with Crippen molar-refractivity contribution in [2.45, 2.75) is 43.8 Å². The molecule has 1 rings (SSSR count). The molecule has 22 heavy (non-hydrogen) atoms. The number of likely N-dealkylation sites (tertiary alicyclic amines) is 1. The molecule has 1 aliphatic rings. The lowest BCUT2D eigenvalue weighted by molar-refractivity contribution is -0.144. The van der Waals surface area contributed by atoms with Crippen molar-refractivity contribution < 1.29 is 29.9 Å². The molecule has 1 fully saturated rings. The van der Waals surface area contributed by atoms with E-state index in [4.69, 9.17) is 21.5 Å². The van der Waals surface area contributed by atoms with Gasteiger partial charge in [0.25, 0.3) is 0 Å². The minimum atomic E-state index is -1.60. The summed E-state index contributed by atoms with van der Waals surface area (Å²) in [5.74, 6) is -2.28. The Balaban J connectivity index is 2.79. The van der Waals surface area contributed by atoms with Crippen LogP contribution in [0, 0.1) is 5.92 Å². The molecular weight excluding hydrogens is 293 g/mol. The largest absolute Gasteiger partial charge is 0.480 e. The van der Waals surface area contributed by atoms with Gasteiger partial charge in [0.05, 0.1) is 6.10 Å². The number of amides is 1. The Morgan fingerprint density at radius 1 is 1.45 bits per heavy atom. The molecule has 1 unspecified atom stereocenters. The average Bonchev–Trinajstić information content (AvgIpc) is 2.75. The van der Waals surface area contributed by atoms with Gasteiger partial charge in [0.15, 0.2) is 0 Å². The Hall–Kier alpha value is -1.20. The van der Waals surface area contributed by atoms with E-state index in [2.05, 4.69) is 0 Å². The molecular formula is C12H24BN3O6. The number of carboxylic acids is 1. The van der Waals surface area contributed by atoms with E-state index in [0.717, 1.165) is 0 Å². The molecule has 0 aromatic rings. The predicted octanol–water partition coefficient (Wildman–Crippen LogP) is -2.81. The van der Waals surface area contributed by atoms with Crippen molar-refractivity contribution in [2.75, 3.05) is 13.1 Å². The van der Waals surface area contributed by atoms with Crippen molar-refractivity contribution in [2.24, 2.45) is 17.4 Å². The van der Waals surface area contributed by atoms with Crippen molar-refractivity contribution in [3.63, 3.8) is 0 Å². The second kappa shape index (κ2) is 7.38. The van der Waals surface area contributed by atoms with Crippen LogP contribution in [0.25, 0.3) is 0 Å². The summed E-state index contributed by atoms with van der Waals surface area (Å²) in [7, 11) is -1.46. The van der Waals surface area contributed by atoms with Gasteiger partial charge in [-0.25, -0.2) is 0 Å². The van der Waals surface area contributed by atoms with Crippen molar-refractivity contribution in [1.82, 2.24) is 4.90 Å². The summed E-state index contributed by atoms with van der Waals surface area (Å²) in [5.41, 5.74) is 9.94. The first-order chi connectivity index (χ1) is 10.1. The minimum Gasteiger partial charge on any atom is -0.480 e. The molecule has 0 aromatic carbocycles. The topological polar surface area (TPSA) is 170 Å². The molecule has 8 N–H and O–H groups in total. The smallest absolute Gasteiger partial charge is 0.451 e. The van der Waals surface area contributed by atoms with Crippen molar-refractivity contribution >= 4 is 19.0 Å². The highest BCUT2D eigenvalue weighted by molar-refractivity contribution is 6.40. The van der Waals surface area contributed by atoms with Gasteiger partial charge in [-0.3, -0.25) is 9.59 Å². The average molecular weight is 317 g/mol. The van der Waals surface area contributed by atoms with Crippen LogP contribution in [0.3, 0.4) is 0 Å². The van der Waals surface area contributed by atoms with Gasteiger partial charge in [-0.2, -0.15) is 0 Å². The summed E-state index contributed by atoms with van der Waals surface area (Å²) in [5, 5.41) is 36.4. The third-order valence-corrected chi connectivity index (χ3v) is 4.15. The van der Waals surface area contributed by atoms with E-state index in [1.165, 1.54) is 11.8 Å². The molecule has 0 aliphatic carbocycles. The lowest BCUT2D eigenvalue weighted by Crippen LogP contribution is -2.56. The lowest BCUT2D eigenvalue weighted by Gasteiger charge is -2.25. The van der Waals surface area contributed by atoms with Crippen LogP contribution in [-0.2, 0) is 9.59 Å². The van der Waals surface area contributed by atoms with Crippen LogP contribution in [0.2, 0.25) is 6.32 Å². The summed E-state index contributed by atoms with van der Waals surface area (Å²) in [6.45, 7) is 1.31. The number of nitrogens with two attached hydrogens (primary N) is 2. The molecule has 10 heteroatoms. The first kappa shape index (κ1) is 18.9. The molecule has 126 valence electrons. The molecule has 4 atom stereocenters. The maximum atomic E-state index is 12.1. The van der Waals surface area contributed by atoms with E-state index in [9.17, 15) is 19.8 Å². The van der Waals surface area contributed by atoms with Crippen LogP contribution >= 0.6 is 0 Å². The molecule has 0 spiro atoms. The summed E-state index contributed by atoms with van der Waals surface area (Å²) >= 11 is 0. The minimum absolute atomic E-state index is 0.104. The number of aliphatic hydroxyl groups is 1. The normalized spacial score (nSPS) is 27.5. The van der Waals surface area contributed by atoms with Gasteiger partial charge in [0, 0.05) is 19.0 Å². The molecule has 0 bridgehead atoms. The molecule has 1 heterocycles. The first-order valence-corrected chi connectivity index (χ1v) is 7.20. The Morgan fingerprint density at radius 3 is 2.50 bits per heavy atom. The number of aliphatic carboxylic acids is 1. The van der Waals surface area contributed by atoms with Gasteiger partial charge in [-0.15, -0.1) is 0 Å². The second-order valence-electron chi connectivity index (χ2n) is 5.94. The van der Waals surface area contributed by atoms with Gasteiger partial charge >= 0.3 is 13.1 Å². The van der Waals surface area contributed by atoms with Gasteiger partial charge in [-0.05, 0) is 19.7 Å². The van der Waals surface area contributed by atoms with E-state index in [1.807, 2.05) is 0 Å². The molecule has 0 aromatic heterocycles.